The Kier molecular flexibility index (Phi) is 12.0. The molecular formula is C17H33N7O6. The van der Waals surface area contributed by atoms with Crippen molar-refractivity contribution in [2.75, 3.05) is 13.1 Å². The smallest absolute Gasteiger partial charge is 0.328 e. The number of aliphatic hydroxyl groups is 1. The molecule has 0 aliphatic carbocycles. The van der Waals surface area contributed by atoms with Crippen LogP contribution < -0.4 is 33.2 Å². The van der Waals surface area contributed by atoms with Gasteiger partial charge in [0, 0.05) is 6.54 Å². The second-order valence-corrected chi connectivity index (χ2v) is 7.12. The third kappa shape index (κ3) is 10.6. The Morgan fingerprint density at radius 2 is 1.63 bits per heavy atom. The van der Waals surface area contributed by atoms with Crippen LogP contribution in [-0.2, 0) is 19.2 Å². The molecular weight excluding hydrogens is 398 g/mol. The van der Waals surface area contributed by atoms with Crippen LogP contribution in [0.15, 0.2) is 4.99 Å². The molecule has 172 valence electrons. The van der Waals surface area contributed by atoms with Gasteiger partial charge < -0.3 is 43.4 Å². The second-order valence-electron chi connectivity index (χ2n) is 7.12. The zero-order valence-corrected chi connectivity index (χ0v) is 17.4. The summed E-state index contributed by atoms with van der Waals surface area (Å²) in [4.78, 5) is 51.4. The third-order valence-corrected chi connectivity index (χ3v) is 4.09. The second kappa shape index (κ2) is 13.3. The highest BCUT2D eigenvalue weighted by Gasteiger charge is 2.27. The summed E-state index contributed by atoms with van der Waals surface area (Å²) >= 11 is 0. The summed E-state index contributed by atoms with van der Waals surface area (Å²) in [6.45, 7) is 4.39. The Bertz CT molecular complexity index is 634. The summed E-state index contributed by atoms with van der Waals surface area (Å²) in [7, 11) is 0. The van der Waals surface area contributed by atoms with E-state index in [9.17, 15) is 24.3 Å². The van der Waals surface area contributed by atoms with Gasteiger partial charge in [0.2, 0.25) is 17.7 Å². The number of carbonyl (C=O) groups is 4. The monoisotopic (exact) mass is 431 g/mol. The van der Waals surface area contributed by atoms with E-state index in [1.54, 1.807) is 13.8 Å². The van der Waals surface area contributed by atoms with Crippen LogP contribution in [0.3, 0.4) is 0 Å². The van der Waals surface area contributed by atoms with Gasteiger partial charge in [-0.3, -0.25) is 19.4 Å². The van der Waals surface area contributed by atoms with Crippen molar-refractivity contribution >= 4 is 29.7 Å². The number of carboxylic acid groups (broad SMARTS) is 1. The lowest BCUT2D eigenvalue weighted by atomic mass is 10.0. The molecule has 13 nitrogen and oxygen atoms in total. The van der Waals surface area contributed by atoms with Gasteiger partial charge in [-0.2, -0.15) is 0 Å². The van der Waals surface area contributed by atoms with Crippen LogP contribution in [0.5, 0.6) is 0 Å². The van der Waals surface area contributed by atoms with E-state index in [1.165, 1.54) is 6.92 Å². The molecule has 0 aromatic carbocycles. The molecule has 0 aliphatic rings. The van der Waals surface area contributed by atoms with Crippen LogP contribution in [0, 0.1) is 5.92 Å². The number of nitrogens with two attached hydrogens (primary N) is 3. The molecule has 4 unspecified atom stereocenters. The highest BCUT2D eigenvalue weighted by molar-refractivity contribution is 5.92. The highest BCUT2D eigenvalue weighted by Crippen LogP contribution is 2.03. The third-order valence-electron chi connectivity index (χ3n) is 4.09. The van der Waals surface area contributed by atoms with Crippen molar-refractivity contribution in [2.45, 2.75) is 57.8 Å². The fraction of sp³-hybridized carbons (Fsp3) is 0.706. The number of carbonyl (C=O) groups excluding carboxylic acids is 3. The Morgan fingerprint density at radius 3 is 2.10 bits per heavy atom. The van der Waals surface area contributed by atoms with Gasteiger partial charge in [-0.05, 0) is 25.7 Å². The zero-order valence-electron chi connectivity index (χ0n) is 17.4. The van der Waals surface area contributed by atoms with Gasteiger partial charge in [-0.1, -0.05) is 13.8 Å². The highest BCUT2D eigenvalue weighted by atomic mass is 16.4. The van der Waals surface area contributed by atoms with E-state index in [0.717, 1.165) is 0 Å². The maximum absolute atomic E-state index is 12.5. The molecule has 0 bridgehead atoms. The Morgan fingerprint density at radius 1 is 1.03 bits per heavy atom. The first-order chi connectivity index (χ1) is 13.9. The van der Waals surface area contributed by atoms with Crippen molar-refractivity contribution in [3.05, 3.63) is 0 Å². The van der Waals surface area contributed by atoms with Gasteiger partial charge in [0.25, 0.3) is 0 Å². The van der Waals surface area contributed by atoms with E-state index in [0.29, 0.717) is 6.42 Å². The molecule has 13 heteroatoms. The van der Waals surface area contributed by atoms with Gasteiger partial charge in [-0.25, -0.2) is 4.79 Å². The van der Waals surface area contributed by atoms with Crippen LogP contribution in [0.1, 0.15) is 33.6 Å². The number of amides is 3. The molecule has 0 radical (unpaired) electrons. The zero-order chi connectivity index (χ0) is 23.4. The number of aliphatic imine (C=N–C) groups is 1. The fourth-order valence-electron chi connectivity index (χ4n) is 2.25. The first-order valence-corrected chi connectivity index (χ1v) is 9.46. The van der Waals surface area contributed by atoms with E-state index in [1.807, 2.05) is 0 Å². The predicted octanol–water partition coefficient (Wildman–Crippen LogP) is -3.43. The molecule has 0 aromatic rings. The maximum atomic E-state index is 12.5. The summed E-state index contributed by atoms with van der Waals surface area (Å²) in [5.74, 6) is -3.70. The van der Waals surface area contributed by atoms with E-state index in [2.05, 4.69) is 20.9 Å². The quantitative estimate of drug-likeness (QED) is 0.0821. The summed E-state index contributed by atoms with van der Waals surface area (Å²) in [6.07, 6.45) is -0.795. The SMILES string of the molecule is CC(C)C(N)C(=O)NC(CCCN=C(N)N)C(=O)NCC(=O)NC(C(=O)O)C(C)O. The molecule has 0 aromatic heterocycles. The molecule has 0 saturated carbocycles. The van der Waals surface area contributed by atoms with Gasteiger partial charge in [0.05, 0.1) is 18.7 Å². The molecule has 30 heavy (non-hydrogen) atoms. The fourth-order valence-corrected chi connectivity index (χ4v) is 2.25. The lowest BCUT2D eigenvalue weighted by molar-refractivity contribution is -0.144. The van der Waals surface area contributed by atoms with E-state index >= 15 is 0 Å². The Labute approximate surface area is 174 Å². The van der Waals surface area contributed by atoms with Crippen molar-refractivity contribution in [1.82, 2.24) is 16.0 Å². The van der Waals surface area contributed by atoms with Crippen molar-refractivity contribution in [3.63, 3.8) is 0 Å². The van der Waals surface area contributed by atoms with Crippen LogP contribution in [-0.4, -0.2) is 77.2 Å². The number of rotatable bonds is 13. The van der Waals surface area contributed by atoms with Gasteiger partial charge >= 0.3 is 5.97 Å². The minimum Gasteiger partial charge on any atom is -0.480 e. The number of aliphatic carboxylic acids is 1. The average Bonchev–Trinajstić information content (AvgIpc) is 2.64. The Balaban J connectivity index is 4.96. The first kappa shape index (κ1) is 27.1. The van der Waals surface area contributed by atoms with Crippen molar-refractivity contribution in [3.8, 4) is 0 Å². The number of guanidine groups is 1. The molecule has 0 saturated heterocycles. The molecule has 3 amide bonds. The van der Waals surface area contributed by atoms with Crippen molar-refractivity contribution in [1.29, 1.82) is 0 Å². The van der Waals surface area contributed by atoms with Crippen LogP contribution in [0.4, 0.5) is 0 Å². The number of carboxylic acids is 1. The number of hydrogen-bond acceptors (Lipinski definition) is 7. The molecule has 4 atom stereocenters. The number of hydrogen-bond donors (Lipinski definition) is 8. The standard InChI is InChI=1S/C17H33N7O6/c1-8(2)12(18)15(28)23-10(5-4-6-21-17(19)20)14(27)22-7-11(26)24-13(9(3)25)16(29)30/h8-10,12-13,25H,4-7,18H2,1-3H3,(H,22,27)(H,23,28)(H,24,26)(H,29,30)(H4,19,20,21). The maximum Gasteiger partial charge on any atom is 0.328 e. The van der Waals surface area contributed by atoms with Crippen LogP contribution >= 0.6 is 0 Å². The number of nitrogens with one attached hydrogen (secondary N) is 3. The summed E-state index contributed by atoms with van der Waals surface area (Å²) < 4.78 is 0. The Hall–Kier alpha value is -2.93. The molecule has 0 heterocycles. The van der Waals surface area contributed by atoms with Crippen molar-refractivity contribution < 1.29 is 29.4 Å². The minimum absolute atomic E-state index is 0.107. The van der Waals surface area contributed by atoms with E-state index in [4.69, 9.17) is 22.3 Å². The average molecular weight is 431 g/mol. The summed E-state index contributed by atoms with van der Waals surface area (Å²) in [6, 6.07) is -3.35. The van der Waals surface area contributed by atoms with E-state index in [-0.39, 0.29) is 24.8 Å². The molecule has 0 spiro atoms. The van der Waals surface area contributed by atoms with Gasteiger partial charge in [0.15, 0.2) is 12.0 Å². The summed E-state index contributed by atoms with van der Waals surface area (Å²) in [5, 5.41) is 25.3. The van der Waals surface area contributed by atoms with Crippen molar-refractivity contribution in [2.24, 2.45) is 28.1 Å². The first-order valence-electron chi connectivity index (χ1n) is 9.46. The largest absolute Gasteiger partial charge is 0.480 e. The predicted molar refractivity (Wildman–Crippen MR) is 109 cm³/mol. The van der Waals surface area contributed by atoms with E-state index < -0.39 is 54.5 Å². The van der Waals surface area contributed by atoms with Gasteiger partial charge in [-0.15, -0.1) is 0 Å². The number of aliphatic hydroxyl groups excluding tert-OH is 1. The number of nitrogens with zero attached hydrogens (tertiary/aromatic N) is 1. The molecule has 0 fully saturated rings. The topological polar surface area (TPSA) is 235 Å². The normalized spacial score (nSPS) is 14.7. The minimum atomic E-state index is -1.52. The molecule has 11 N–H and O–H groups in total. The van der Waals surface area contributed by atoms with Crippen LogP contribution in [0.25, 0.3) is 0 Å². The van der Waals surface area contributed by atoms with Crippen LogP contribution in [0.2, 0.25) is 0 Å². The molecule has 0 rings (SSSR count). The summed E-state index contributed by atoms with van der Waals surface area (Å²) in [5.41, 5.74) is 16.3. The lowest BCUT2D eigenvalue weighted by Crippen LogP contribution is -2.55. The van der Waals surface area contributed by atoms with Gasteiger partial charge in [0.1, 0.15) is 6.04 Å². The molecule has 0 aliphatic heterocycles. The lowest BCUT2D eigenvalue weighted by Gasteiger charge is -2.22.